The number of hydrogen-bond acceptors (Lipinski definition) is 4. The Morgan fingerprint density at radius 3 is 2.42 bits per heavy atom. The van der Waals surface area contributed by atoms with Crippen LogP contribution in [0.5, 0.6) is 0 Å². The maximum absolute atomic E-state index is 10.7. The summed E-state index contributed by atoms with van der Waals surface area (Å²) in [7, 11) is -1.94. The zero-order valence-corrected chi connectivity index (χ0v) is 16.8. The molecule has 4 atom stereocenters. The lowest BCUT2D eigenvalue weighted by atomic mass is 9.97. The van der Waals surface area contributed by atoms with Gasteiger partial charge in [-0.1, -0.05) is 58.0 Å². The molecular weight excluding hydrogens is 320 g/mol. The SMILES string of the molecule is C[C@H]1[C@@H](OCc2ccccc2)OC[C@@H](O[Si](C)(C)C(C)(C)C)[C@@H]1O. The van der Waals surface area contributed by atoms with Crippen molar-refractivity contribution in [1.29, 1.82) is 0 Å². The van der Waals surface area contributed by atoms with E-state index in [1.54, 1.807) is 0 Å². The minimum atomic E-state index is -1.94. The van der Waals surface area contributed by atoms with Crippen LogP contribution in [0.15, 0.2) is 30.3 Å². The first-order valence-corrected chi connectivity index (χ1v) is 11.7. The molecule has 1 aromatic rings. The highest BCUT2D eigenvalue weighted by atomic mass is 28.4. The minimum absolute atomic E-state index is 0.108. The Labute approximate surface area is 147 Å². The molecule has 0 radical (unpaired) electrons. The first kappa shape index (κ1) is 19.6. The van der Waals surface area contributed by atoms with Crippen molar-refractivity contribution in [2.24, 2.45) is 5.92 Å². The van der Waals surface area contributed by atoms with Crippen molar-refractivity contribution in [2.45, 2.75) is 70.9 Å². The molecule has 0 spiro atoms. The van der Waals surface area contributed by atoms with Crippen LogP contribution in [-0.2, 0) is 20.5 Å². The Morgan fingerprint density at radius 2 is 1.83 bits per heavy atom. The zero-order chi connectivity index (χ0) is 18.0. The molecule has 1 heterocycles. The Morgan fingerprint density at radius 1 is 1.21 bits per heavy atom. The van der Waals surface area contributed by atoms with E-state index >= 15 is 0 Å². The van der Waals surface area contributed by atoms with Crippen molar-refractivity contribution in [3.05, 3.63) is 35.9 Å². The molecule has 0 bridgehead atoms. The van der Waals surface area contributed by atoms with Crippen LogP contribution in [0.4, 0.5) is 0 Å². The van der Waals surface area contributed by atoms with E-state index in [-0.39, 0.29) is 17.1 Å². The number of benzene rings is 1. The molecule has 0 saturated carbocycles. The van der Waals surface area contributed by atoms with Crippen LogP contribution in [0.1, 0.15) is 33.3 Å². The minimum Gasteiger partial charge on any atom is -0.409 e. The lowest BCUT2D eigenvalue weighted by molar-refractivity contribution is -0.247. The molecule has 2 rings (SSSR count). The van der Waals surface area contributed by atoms with E-state index in [4.69, 9.17) is 13.9 Å². The van der Waals surface area contributed by atoms with E-state index in [9.17, 15) is 5.11 Å². The van der Waals surface area contributed by atoms with Crippen molar-refractivity contribution in [3.63, 3.8) is 0 Å². The summed E-state index contributed by atoms with van der Waals surface area (Å²) in [5.41, 5.74) is 1.10. The van der Waals surface area contributed by atoms with E-state index in [2.05, 4.69) is 33.9 Å². The quantitative estimate of drug-likeness (QED) is 0.815. The standard InChI is InChI=1S/C19H32O4Si/c1-14-17(20)16(23-24(5,6)19(2,3)4)13-22-18(14)21-12-15-10-8-7-9-11-15/h7-11,14,16-18,20H,12-13H2,1-6H3/t14-,16-,17-,18+/m1/s1. The van der Waals surface area contributed by atoms with E-state index in [0.717, 1.165) is 5.56 Å². The molecule has 1 fully saturated rings. The average Bonchev–Trinajstić information content (AvgIpc) is 2.51. The van der Waals surface area contributed by atoms with Crippen LogP contribution in [0.2, 0.25) is 18.1 Å². The number of aliphatic hydroxyl groups is 1. The maximum Gasteiger partial charge on any atom is 0.192 e. The Kier molecular flexibility index (Phi) is 6.26. The largest absolute Gasteiger partial charge is 0.409 e. The molecule has 0 amide bonds. The second kappa shape index (κ2) is 7.66. The fourth-order valence-corrected chi connectivity index (χ4v) is 3.87. The highest BCUT2D eigenvalue weighted by molar-refractivity contribution is 6.74. The van der Waals surface area contributed by atoms with Crippen LogP contribution < -0.4 is 0 Å². The third-order valence-corrected chi connectivity index (χ3v) is 9.79. The highest BCUT2D eigenvalue weighted by Crippen LogP contribution is 2.39. The van der Waals surface area contributed by atoms with E-state index in [0.29, 0.717) is 13.2 Å². The molecule has 1 N–H and O–H groups in total. The zero-order valence-electron chi connectivity index (χ0n) is 15.8. The summed E-state index contributed by atoms with van der Waals surface area (Å²) in [5, 5.41) is 10.8. The molecule has 1 aliphatic heterocycles. The second-order valence-electron chi connectivity index (χ2n) is 8.26. The normalized spacial score (nSPS) is 28.8. The van der Waals surface area contributed by atoms with Gasteiger partial charge in [-0.2, -0.15) is 0 Å². The first-order valence-electron chi connectivity index (χ1n) is 8.75. The predicted molar refractivity (Wildman–Crippen MR) is 98.2 cm³/mol. The smallest absolute Gasteiger partial charge is 0.192 e. The van der Waals surface area contributed by atoms with Gasteiger partial charge in [-0.25, -0.2) is 0 Å². The fraction of sp³-hybridized carbons (Fsp3) is 0.684. The van der Waals surface area contributed by atoms with Crippen LogP contribution in [0, 0.1) is 5.92 Å². The van der Waals surface area contributed by atoms with Crippen LogP contribution in [0.25, 0.3) is 0 Å². The molecule has 24 heavy (non-hydrogen) atoms. The molecule has 0 aromatic heterocycles. The van der Waals surface area contributed by atoms with Gasteiger partial charge in [0.05, 0.1) is 25.4 Å². The maximum atomic E-state index is 10.7. The average molecular weight is 353 g/mol. The number of aliphatic hydroxyl groups excluding tert-OH is 1. The number of hydrogen-bond donors (Lipinski definition) is 1. The molecule has 1 aromatic carbocycles. The van der Waals surface area contributed by atoms with E-state index in [1.165, 1.54) is 0 Å². The summed E-state index contributed by atoms with van der Waals surface area (Å²) in [6, 6.07) is 10.00. The summed E-state index contributed by atoms with van der Waals surface area (Å²) >= 11 is 0. The van der Waals surface area contributed by atoms with Gasteiger partial charge in [-0.15, -0.1) is 0 Å². The molecule has 1 saturated heterocycles. The van der Waals surface area contributed by atoms with Crippen molar-refractivity contribution < 1.29 is 19.0 Å². The fourth-order valence-electron chi connectivity index (χ4n) is 2.55. The van der Waals surface area contributed by atoms with Gasteiger partial charge in [0.15, 0.2) is 14.6 Å². The van der Waals surface area contributed by atoms with Crippen LogP contribution in [0.3, 0.4) is 0 Å². The molecular formula is C19H32O4Si. The van der Waals surface area contributed by atoms with Gasteiger partial charge >= 0.3 is 0 Å². The lowest BCUT2D eigenvalue weighted by Gasteiger charge is -2.44. The Hall–Kier alpha value is -0.723. The molecule has 0 unspecified atom stereocenters. The van der Waals surface area contributed by atoms with Gasteiger partial charge < -0.3 is 19.0 Å². The van der Waals surface area contributed by atoms with Gasteiger partial charge in [0.25, 0.3) is 0 Å². The predicted octanol–water partition coefficient (Wildman–Crippen LogP) is 3.95. The van der Waals surface area contributed by atoms with Crippen molar-refractivity contribution >= 4 is 8.32 Å². The van der Waals surface area contributed by atoms with Crippen LogP contribution in [-0.4, -0.2) is 38.5 Å². The third-order valence-electron chi connectivity index (χ3n) is 5.28. The van der Waals surface area contributed by atoms with E-state index in [1.807, 2.05) is 37.3 Å². The summed E-state index contributed by atoms with van der Waals surface area (Å²) in [5.74, 6) is -0.128. The van der Waals surface area contributed by atoms with Crippen molar-refractivity contribution in [2.75, 3.05) is 6.61 Å². The summed E-state index contributed by atoms with van der Waals surface area (Å²) < 4.78 is 18.1. The third kappa shape index (κ3) is 4.67. The van der Waals surface area contributed by atoms with Gasteiger partial charge in [-0.05, 0) is 23.7 Å². The number of ether oxygens (including phenoxy) is 2. The Bertz CT molecular complexity index is 512. The van der Waals surface area contributed by atoms with Crippen LogP contribution >= 0.6 is 0 Å². The molecule has 5 heteroatoms. The van der Waals surface area contributed by atoms with Crippen molar-refractivity contribution in [3.8, 4) is 0 Å². The van der Waals surface area contributed by atoms with Gasteiger partial charge in [0.2, 0.25) is 0 Å². The van der Waals surface area contributed by atoms with Crippen molar-refractivity contribution in [1.82, 2.24) is 0 Å². The summed E-state index contributed by atoms with van der Waals surface area (Å²) in [4.78, 5) is 0. The summed E-state index contributed by atoms with van der Waals surface area (Å²) in [6.45, 7) is 13.8. The van der Waals surface area contributed by atoms with Gasteiger partial charge in [0, 0.05) is 5.92 Å². The summed E-state index contributed by atoms with van der Waals surface area (Å²) in [6.07, 6.45) is -1.26. The molecule has 1 aliphatic rings. The molecule has 136 valence electrons. The monoisotopic (exact) mass is 352 g/mol. The Balaban J connectivity index is 1.92. The first-order chi connectivity index (χ1) is 11.1. The number of rotatable bonds is 5. The molecule has 0 aliphatic carbocycles. The second-order valence-corrected chi connectivity index (χ2v) is 13.0. The van der Waals surface area contributed by atoms with E-state index < -0.39 is 20.7 Å². The highest BCUT2D eigenvalue weighted by Gasteiger charge is 2.44. The topological polar surface area (TPSA) is 47.9 Å². The van der Waals surface area contributed by atoms with Gasteiger partial charge in [0.1, 0.15) is 0 Å². The van der Waals surface area contributed by atoms with Gasteiger partial charge in [-0.3, -0.25) is 0 Å². The molecule has 4 nitrogen and oxygen atoms in total. The lowest BCUT2D eigenvalue weighted by Crippen LogP contribution is -2.55.